The van der Waals surface area contributed by atoms with Gasteiger partial charge in [0.1, 0.15) is 5.75 Å². The highest BCUT2D eigenvalue weighted by Gasteiger charge is 2.36. The Bertz CT molecular complexity index is 475. The molecule has 1 aromatic rings. The minimum Gasteiger partial charge on any atom is -0.496 e. The van der Waals surface area contributed by atoms with Crippen molar-refractivity contribution in [2.75, 3.05) is 26.7 Å². The lowest BCUT2D eigenvalue weighted by molar-refractivity contribution is -0.129. The van der Waals surface area contributed by atoms with Crippen LogP contribution in [0, 0.1) is 5.92 Å². The third kappa shape index (κ3) is 2.66. The monoisotopic (exact) mass is 274 g/mol. The minimum atomic E-state index is 0.214. The van der Waals surface area contributed by atoms with Crippen LogP contribution in [0.15, 0.2) is 24.3 Å². The lowest BCUT2D eigenvalue weighted by atomic mass is 9.94. The number of nitrogens with one attached hydrogen (secondary N) is 1. The Hall–Kier alpha value is -1.55. The molecule has 4 heteroatoms. The average Bonchev–Trinajstić information content (AvgIpc) is 2.92. The van der Waals surface area contributed by atoms with E-state index in [1.807, 2.05) is 29.2 Å². The van der Waals surface area contributed by atoms with Crippen LogP contribution in [0.4, 0.5) is 0 Å². The lowest BCUT2D eigenvalue weighted by Crippen LogP contribution is -2.41. The second-order valence-corrected chi connectivity index (χ2v) is 5.75. The number of methoxy groups -OCH3 is 1. The molecule has 2 heterocycles. The molecule has 0 aliphatic carbocycles. The third-order valence-electron chi connectivity index (χ3n) is 4.49. The van der Waals surface area contributed by atoms with Gasteiger partial charge >= 0.3 is 0 Å². The fourth-order valence-corrected chi connectivity index (χ4v) is 3.37. The van der Waals surface area contributed by atoms with Gasteiger partial charge in [-0.15, -0.1) is 0 Å². The van der Waals surface area contributed by atoms with Crippen LogP contribution >= 0.6 is 0 Å². The van der Waals surface area contributed by atoms with Gasteiger partial charge in [0.15, 0.2) is 0 Å². The zero-order valence-electron chi connectivity index (χ0n) is 12.0. The number of para-hydroxylation sites is 1. The Morgan fingerprint density at radius 1 is 1.40 bits per heavy atom. The van der Waals surface area contributed by atoms with Crippen LogP contribution in [-0.4, -0.2) is 43.6 Å². The van der Waals surface area contributed by atoms with Crippen molar-refractivity contribution in [1.82, 2.24) is 10.2 Å². The van der Waals surface area contributed by atoms with Crippen LogP contribution in [0.5, 0.6) is 5.75 Å². The summed E-state index contributed by atoms with van der Waals surface area (Å²) in [6.07, 6.45) is 2.91. The first-order valence-corrected chi connectivity index (χ1v) is 7.41. The maximum Gasteiger partial charge on any atom is 0.227 e. The molecule has 0 saturated carbocycles. The van der Waals surface area contributed by atoms with E-state index in [0.717, 1.165) is 30.9 Å². The summed E-state index contributed by atoms with van der Waals surface area (Å²) in [5.41, 5.74) is 0.975. The van der Waals surface area contributed by atoms with Gasteiger partial charge < -0.3 is 15.0 Å². The van der Waals surface area contributed by atoms with Gasteiger partial charge in [0.05, 0.1) is 13.5 Å². The van der Waals surface area contributed by atoms with E-state index in [2.05, 4.69) is 5.32 Å². The van der Waals surface area contributed by atoms with Crippen molar-refractivity contribution < 1.29 is 9.53 Å². The van der Waals surface area contributed by atoms with Gasteiger partial charge in [-0.1, -0.05) is 18.2 Å². The Kier molecular flexibility index (Phi) is 3.92. The van der Waals surface area contributed by atoms with Gasteiger partial charge in [0, 0.05) is 24.7 Å². The number of piperidine rings is 1. The number of fused-ring (bicyclic) bond motifs is 1. The molecule has 0 radical (unpaired) electrons. The van der Waals surface area contributed by atoms with Gasteiger partial charge in [-0.05, 0) is 31.4 Å². The van der Waals surface area contributed by atoms with Gasteiger partial charge in [0.25, 0.3) is 0 Å². The number of carbonyl (C=O) groups excluding carboxylic acids is 1. The molecule has 4 nitrogen and oxygen atoms in total. The fraction of sp³-hybridized carbons (Fsp3) is 0.562. The van der Waals surface area contributed by atoms with Gasteiger partial charge in [-0.2, -0.15) is 0 Å². The lowest BCUT2D eigenvalue weighted by Gasteiger charge is -2.24. The van der Waals surface area contributed by atoms with Crippen LogP contribution in [0.3, 0.4) is 0 Å². The molecule has 108 valence electrons. The van der Waals surface area contributed by atoms with Crippen molar-refractivity contribution >= 4 is 5.91 Å². The number of hydrogen-bond donors (Lipinski definition) is 1. The van der Waals surface area contributed by atoms with Crippen LogP contribution in [0.1, 0.15) is 18.4 Å². The molecule has 2 aliphatic rings. The summed E-state index contributed by atoms with van der Waals surface area (Å²) in [4.78, 5) is 14.5. The first-order valence-electron chi connectivity index (χ1n) is 7.41. The normalized spacial score (nSPS) is 25.4. The SMILES string of the molecule is COc1ccccc1CC(=O)N1CC2CCCNC2C1. The molecule has 3 rings (SSSR count). The largest absolute Gasteiger partial charge is 0.496 e. The summed E-state index contributed by atoms with van der Waals surface area (Å²) in [7, 11) is 1.65. The fourth-order valence-electron chi connectivity index (χ4n) is 3.37. The summed E-state index contributed by atoms with van der Waals surface area (Å²) in [6, 6.07) is 8.27. The zero-order valence-corrected chi connectivity index (χ0v) is 12.0. The Morgan fingerprint density at radius 2 is 2.25 bits per heavy atom. The summed E-state index contributed by atoms with van der Waals surface area (Å²) >= 11 is 0. The van der Waals surface area contributed by atoms with Crippen LogP contribution in [0.2, 0.25) is 0 Å². The predicted octanol–water partition coefficient (Wildman–Crippen LogP) is 1.45. The van der Waals surface area contributed by atoms with Crippen LogP contribution in [0.25, 0.3) is 0 Å². The number of benzene rings is 1. The standard InChI is InChI=1S/C16H22N2O2/c1-20-15-7-3-2-5-12(15)9-16(19)18-10-13-6-4-8-17-14(13)11-18/h2-3,5,7,13-14,17H,4,6,8-11H2,1H3. The summed E-state index contributed by atoms with van der Waals surface area (Å²) < 4.78 is 5.32. The third-order valence-corrected chi connectivity index (χ3v) is 4.49. The highest BCUT2D eigenvalue weighted by molar-refractivity contribution is 5.80. The molecule has 2 unspecified atom stereocenters. The molecule has 20 heavy (non-hydrogen) atoms. The topological polar surface area (TPSA) is 41.6 Å². The van der Waals surface area contributed by atoms with Crippen LogP contribution < -0.4 is 10.1 Å². The molecular weight excluding hydrogens is 252 g/mol. The van der Waals surface area contributed by atoms with Gasteiger partial charge in [0.2, 0.25) is 5.91 Å². The second kappa shape index (κ2) is 5.83. The van der Waals surface area contributed by atoms with E-state index in [4.69, 9.17) is 4.74 Å². The smallest absolute Gasteiger partial charge is 0.227 e. The molecule has 1 aromatic carbocycles. The second-order valence-electron chi connectivity index (χ2n) is 5.75. The molecule has 0 aromatic heterocycles. The van der Waals surface area contributed by atoms with Gasteiger partial charge in [-0.25, -0.2) is 0 Å². The van der Waals surface area contributed by atoms with E-state index in [-0.39, 0.29) is 5.91 Å². The molecule has 2 saturated heterocycles. The highest BCUT2D eigenvalue weighted by Crippen LogP contribution is 2.26. The van der Waals surface area contributed by atoms with Crippen molar-refractivity contribution in [3.8, 4) is 5.75 Å². The Morgan fingerprint density at radius 3 is 3.05 bits per heavy atom. The minimum absolute atomic E-state index is 0.214. The molecule has 1 amide bonds. The van der Waals surface area contributed by atoms with E-state index in [1.54, 1.807) is 7.11 Å². The number of rotatable bonds is 3. The number of hydrogen-bond acceptors (Lipinski definition) is 3. The summed E-state index contributed by atoms with van der Waals surface area (Å²) in [5, 5.41) is 3.53. The maximum absolute atomic E-state index is 12.5. The molecule has 1 N–H and O–H groups in total. The molecule has 0 bridgehead atoms. The van der Waals surface area contributed by atoms with Crippen molar-refractivity contribution in [2.24, 2.45) is 5.92 Å². The number of likely N-dealkylation sites (tertiary alicyclic amines) is 1. The Balaban J connectivity index is 1.65. The van der Waals surface area contributed by atoms with E-state index in [9.17, 15) is 4.79 Å². The van der Waals surface area contributed by atoms with E-state index >= 15 is 0 Å². The average molecular weight is 274 g/mol. The Labute approximate surface area is 120 Å². The molecule has 2 atom stereocenters. The maximum atomic E-state index is 12.5. The number of nitrogens with zero attached hydrogens (tertiary/aromatic N) is 1. The number of amides is 1. The summed E-state index contributed by atoms with van der Waals surface area (Å²) in [5.74, 6) is 1.66. The van der Waals surface area contributed by atoms with Crippen molar-refractivity contribution in [2.45, 2.75) is 25.3 Å². The highest BCUT2D eigenvalue weighted by atomic mass is 16.5. The predicted molar refractivity (Wildman–Crippen MR) is 77.8 cm³/mol. The van der Waals surface area contributed by atoms with Crippen molar-refractivity contribution in [3.63, 3.8) is 0 Å². The molecule has 0 spiro atoms. The van der Waals surface area contributed by atoms with Crippen LogP contribution in [-0.2, 0) is 11.2 Å². The molecule has 2 aliphatic heterocycles. The molecular formula is C16H22N2O2. The zero-order chi connectivity index (χ0) is 13.9. The van der Waals surface area contributed by atoms with E-state index in [1.165, 1.54) is 12.8 Å². The molecule has 2 fully saturated rings. The van der Waals surface area contributed by atoms with E-state index in [0.29, 0.717) is 18.4 Å². The summed E-state index contributed by atoms with van der Waals surface area (Å²) in [6.45, 7) is 2.86. The van der Waals surface area contributed by atoms with Gasteiger partial charge in [-0.3, -0.25) is 4.79 Å². The first kappa shape index (κ1) is 13.4. The van der Waals surface area contributed by atoms with Crippen molar-refractivity contribution in [1.29, 1.82) is 0 Å². The number of ether oxygens (including phenoxy) is 1. The quantitative estimate of drug-likeness (QED) is 0.907. The number of carbonyl (C=O) groups is 1. The van der Waals surface area contributed by atoms with E-state index < -0.39 is 0 Å². The first-order chi connectivity index (χ1) is 9.78. The van der Waals surface area contributed by atoms with Crippen molar-refractivity contribution in [3.05, 3.63) is 29.8 Å².